The third kappa shape index (κ3) is 5.78. The average Bonchev–Trinajstić information content (AvgIpc) is 2.47. The number of ether oxygens (including phenoxy) is 2. The zero-order valence-corrected chi connectivity index (χ0v) is 13.7. The maximum absolute atomic E-state index is 5.79. The van der Waals surface area contributed by atoms with Gasteiger partial charge < -0.3 is 14.4 Å². The van der Waals surface area contributed by atoms with E-state index in [0.717, 1.165) is 44.0 Å². The first-order chi connectivity index (χ1) is 9.74. The second-order valence-corrected chi connectivity index (χ2v) is 5.27. The van der Waals surface area contributed by atoms with Gasteiger partial charge in [0.15, 0.2) is 11.5 Å². The van der Waals surface area contributed by atoms with E-state index in [0.29, 0.717) is 11.8 Å². The standard InChI is InChI=1S/C15H23Cl2NO2/c1-19-14-6-5-13(12-15(14)20-2)4-3-9-18(10-7-16)11-8-17/h5-6,12H,3-4,7-11H2,1-2H3. The molecule has 0 amide bonds. The summed E-state index contributed by atoms with van der Waals surface area (Å²) in [6.45, 7) is 2.79. The number of rotatable bonds is 10. The van der Waals surface area contributed by atoms with Crippen LogP contribution < -0.4 is 9.47 Å². The number of aryl methyl sites for hydroxylation is 1. The van der Waals surface area contributed by atoms with E-state index in [-0.39, 0.29) is 0 Å². The summed E-state index contributed by atoms with van der Waals surface area (Å²) in [5, 5.41) is 0. The predicted molar refractivity (Wildman–Crippen MR) is 85.7 cm³/mol. The maximum Gasteiger partial charge on any atom is 0.160 e. The third-order valence-corrected chi connectivity index (χ3v) is 3.53. The van der Waals surface area contributed by atoms with Gasteiger partial charge in [-0.3, -0.25) is 0 Å². The van der Waals surface area contributed by atoms with Crippen molar-refractivity contribution >= 4 is 23.2 Å². The lowest BCUT2D eigenvalue weighted by Gasteiger charge is -2.19. The van der Waals surface area contributed by atoms with E-state index in [2.05, 4.69) is 11.0 Å². The molecule has 20 heavy (non-hydrogen) atoms. The van der Waals surface area contributed by atoms with Gasteiger partial charge in [0.2, 0.25) is 0 Å². The number of halogens is 2. The number of hydrogen-bond donors (Lipinski definition) is 0. The zero-order valence-electron chi connectivity index (χ0n) is 12.2. The fourth-order valence-corrected chi connectivity index (χ4v) is 2.60. The lowest BCUT2D eigenvalue weighted by molar-refractivity contribution is 0.303. The topological polar surface area (TPSA) is 21.7 Å². The Morgan fingerprint density at radius 2 is 1.60 bits per heavy atom. The summed E-state index contributed by atoms with van der Waals surface area (Å²) in [6.07, 6.45) is 2.07. The van der Waals surface area contributed by atoms with Gasteiger partial charge in [-0.1, -0.05) is 6.07 Å². The molecular weight excluding hydrogens is 297 g/mol. The SMILES string of the molecule is COc1ccc(CCCN(CCCl)CCCl)cc1OC. The maximum atomic E-state index is 5.79. The first-order valence-electron chi connectivity index (χ1n) is 6.80. The van der Waals surface area contributed by atoms with Gasteiger partial charge in [-0.15, -0.1) is 23.2 Å². The van der Waals surface area contributed by atoms with Gasteiger partial charge in [-0.05, 0) is 37.1 Å². The molecule has 0 aliphatic carbocycles. The zero-order chi connectivity index (χ0) is 14.8. The van der Waals surface area contributed by atoms with Crippen molar-refractivity contribution in [1.29, 1.82) is 0 Å². The number of benzene rings is 1. The second-order valence-electron chi connectivity index (χ2n) is 4.51. The molecule has 0 aromatic heterocycles. The molecule has 1 rings (SSSR count). The Balaban J connectivity index is 2.48. The van der Waals surface area contributed by atoms with E-state index in [1.54, 1.807) is 14.2 Å². The van der Waals surface area contributed by atoms with Crippen molar-refractivity contribution in [3.63, 3.8) is 0 Å². The quantitative estimate of drug-likeness (QED) is 0.617. The summed E-state index contributed by atoms with van der Waals surface area (Å²) in [6, 6.07) is 6.06. The van der Waals surface area contributed by atoms with E-state index < -0.39 is 0 Å². The van der Waals surface area contributed by atoms with Crippen LogP contribution in [0.15, 0.2) is 18.2 Å². The van der Waals surface area contributed by atoms with Crippen LogP contribution in [-0.4, -0.2) is 50.5 Å². The van der Waals surface area contributed by atoms with Crippen LogP contribution in [0.1, 0.15) is 12.0 Å². The smallest absolute Gasteiger partial charge is 0.160 e. The van der Waals surface area contributed by atoms with Crippen molar-refractivity contribution in [2.75, 3.05) is 45.6 Å². The minimum absolute atomic E-state index is 0.646. The Bertz CT molecular complexity index is 382. The Morgan fingerprint density at radius 1 is 0.950 bits per heavy atom. The molecule has 0 heterocycles. The lowest BCUT2D eigenvalue weighted by atomic mass is 10.1. The molecule has 5 heteroatoms. The Labute approximate surface area is 131 Å². The normalized spacial score (nSPS) is 10.8. The molecule has 0 radical (unpaired) electrons. The minimum atomic E-state index is 0.646. The molecular formula is C15H23Cl2NO2. The molecule has 0 aliphatic rings. The van der Waals surface area contributed by atoms with E-state index in [4.69, 9.17) is 32.7 Å². The van der Waals surface area contributed by atoms with Gasteiger partial charge in [-0.25, -0.2) is 0 Å². The molecule has 1 aromatic carbocycles. The summed E-state index contributed by atoms with van der Waals surface area (Å²) in [7, 11) is 3.30. The molecule has 0 fully saturated rings. The highest BCUT2D eigenvalue weighted by molar-refractivity contribution is 6.18. The summed E-state index contributed by atoms with van der Waals surface area (Å²) in [5.41, 5.74) is 1.25. The summed E-state index contributed by atoms with van der Waals surface area (Å²) < 4.78 is 10.5. The van der Waals surface area contributed by atoms with Crippen LogP contribution in [0.2, 0.25) is 0 Å². The van der Waals surface area contributed by atoms with Crippen molar-refractivity contribution in [3.8, 4) is 11.5 Å². The van der Waals surface area contributed by atoms with Crippen molar-refractivity contribution in [1.82, 2.24) is 4.90 Å². The molecule has 0 bridgehead atoms. The molecule has 114 valence electrons. The molecule has 0 unspecified atom stereocenters. The van der Waals surface area contributed by atoms with Gasteiger partial charge in [0.05, 0.1) is 14.2 Å². The van der Waals surface area contributed by atoms with E-state index in [9.17, 15) is 0 Å². The Hall–Kier alpha value is -0.640. The highest BCUT2D eigenvalue weighted by Gasteiger charge is 2.06. The van der Waals surface area contributed by atoms with Crippen LogP contribution in [0.25, 0.3) is 0 Å². The second kappa shape index (κ2) is 10.1. The van der Waals surface area contributed by atoms with E-state index >= 15 is 0 Å². The number of nitrogens with zero attached hydrogens (tertiary/aromatic N) is 1. The van der Waals surface area contributed by atoms with Gasteiger partial charge in [0, 0.05) is 24.8 Å². The van der Waals surface area contributed by atoms with Crippen molar-refractivity contribution in [2.24, 2.45) is 0 Å². The molecule has 0 aliphatic heterocycles. The van der Waals surface area contributed by atoms with Crippen molar-refractivity contribution in [2.45, 2.75) is 12.8 Å². The average molecular weight is 320 g/mol. The van der Waals surface area contributed by atoms with Gasteiger partial charge >= 0.3 is 0 Å². The van der Waals surface area contributed by atoms with Gasteiger partial charge in [0.1, 0.15) is 0 Å². The van der Waals surface area contributed by atoms with Crippen LogP contribution in [0, 0.1) is 0 Å². The summed E-state index contributed by atoms with van der Waals surface area (Å²) >= 11 is 11.6. The highest BCUT2D eigenvalue weighted by atomic mass is 35.5. The largest absolute Gasteiger partial charge is 0.493 e. The number of methoxy groups -OCH3 is 2. The van der Waals surface area contributed by atoms with Crippen molar-refractivity contribution < 1.29 is 9.47 Å². The first kappa shape index (κ1) is 17.4. The fourth-order valence-electron chi connectivity index (χ4n) is 2.12. The Kier molecular flexibility index (Phi) is 8.83. The molecule has 0 atom stereocenters. The van der Waals surface area contributed by atoms with Crippen LogP contribution in [0.4, 0.5) is 0 Å². The fraction of sp³-hybridized carbons (Fsp3) is 0.600. The number of hydrogen-bond acceptors (Lipinski definition) is 3. The van der Waals surface area contributed by atoms with Gasteiger partial charge in [-0.2, -0.15) is 0 Å². The van der Waals surface area contributed by atoms with Crippen LogP contribution in [0.3, 0.4) is 0 Å². The molecule has 3 nitrogen and oxygen atoms in total. The van der Waals surface area contributed by atoms with Crippen molar-refractivity contribution in [3.05, 3.63) is 23.8 Å². The number of alkyl halides is 2. The molecule has 1 aromatic rings. The minimum Gasteiger partial charge on any atom is -0.493 e. The van der Waals surface area contributed by atoms with E-state index in [1.165, 1.54) is 5.56 Å². The molecule has 0 saturated carbocycles. The molecule has 0 saturated heterocycles. The highest BCUT2D eigenvalue weighted by Crippen LogP contribution is 2.27. The Morgan fingerprint density at radius 3 is 2.15 bits per heavy atom. The predicted octanol–water partition coefficient (Wildman–Crippen LogP) is 3.42. The van der Waals surface area contributed by atoms with Crippen LogP contribution in [-0.2, 0) is 6.42 Å². The van der Waals surface area contributed by atoms with Gasteiger partial charge in [0.25, 0.3) is 0 Å². The van der Waals surface area contributed by atoms with Crippen LogP contribution in [0.5, 0.6) is 11.5 Å². The van der Waals surface area contributed by atoms with Crippen LogP contribution >= 0.6 is 23.2 Å². The summed E-state index contributed by atoms with van der Waals surface area (Å²) in [5.74, 6) is 2.84. The third-order valence-electron chi connectivity index (χ3n) is 3.19. The summed E-state index contributed by atoms with van der Waals surface area (Å²) in [4.78, 5) is 2.29. The lowest BCUT2D eigenvalue weighted by Crippen LogP contribution is -2.29. The monoisotopic (exact) mass is 319 g/mol. The van der Waals surface area contributed by atoms with E-state index in [1.807, 2.05) is 12.1 Å². The molecule has 0 spiro atoms. The molecule has 0 N–H and O–H groups in total. The first-order valence-corrected chi connectivity index (χ1v) is 7.87.